The van der Waals surface area contributed by atoms with E-state index in [-0.39, 0.29) is 6.04 Å². The van der Waals surface area contributed by atoms with Crippen LogP contribution in [-0.2, 0) is 0 Å². The van der Waals surface area contributed by atoms with E-state index in [1.54, 1.807) is 19.2 Å². The van der Waals surface area contributed by atoms with E-state index in [0.29, 0.717) is 11.8 Å². The average Bonchev–Trinajstić information content (AvgIpc) is 2.39. The van der Waals surface area contributed by atoms with Crippen LogP contribution < -0.4 is 10.1 Å². The number of hydrogen-bond acceptors (Lipinski definition) is 3. The molecule has 0 aliphatic rings. The molecule has 0 fully saturated rings. The molecule has 19 heavy (non-hydrogen) atoms. The summed E-state index contributed by atoms with van der Waals surface area (Å²) in [5.41, 5.74) is 0.890. The molecule has 2 unspecified atom stereocenters. The number of ether oxygens (including phenoxy) is 1. The number of phenols is 1. The summed E-state index contributed by atoms with van der Waals surface area (Å²) in [6.45, 7) is 6.49. The number of phenolic OH excluding ortho intramolecular Hbond substituents is 1. The fourth-order valence-corrected chi connectivity index (χ4v) is 2.31. The van der Waals surface area contributed by atoms with Gasteiger partial charge >= 0.3 is 0 Å². The first kappa shape index (κ1) is 15.8. The van der Waals surface area contributed by atoms with Gasteiger partial charge in [0.2, 0.25) is 0 Å². The van der Waals surface area contributed by atoms with Crippen molar-refractivity contribution in [1.82, 2.24) is 5.32 Å². The molecule has 3 nitrogen and oxygen atoms in total. The lowest BCUT2D eigenvalue weighted by atomic mass is 10.0. The molecule has 1 aromatic carbocycles. The summed E-state index contributed by atoms with van der Waals surface area (Å²) in [6.07, 6.45) is 4.95. The van der Waals surface area contributed by atoms with Gasteiger partial charge in [0.05, 0.1) is 7.11 Å². The quantitative estimate of drug-likeness (QED) is 0.698. The van der Waals surface area contributed by atoms with Crippen LogP contribution >= 0.6 is 0 Å². The molecule has 0 aliphatic heterocycles. The van der Waals surface area contributed by atoms with Crippen molar-refractivity contribution in [3.05, 3.63) is 23.8 Å². The van der Waals surface area contributed by atoms with Crippen molar-refractivity contribution >= 4 is 0 Å². The minimum absolute atomic E-state index is 0.117. The third-order valence-electron chi connectivity index (χ3n) is 3.48. The first-order valence-corrected chi connectivity index (χ1v) is 7.21. The van der Waals surface area contributed by atoms with Gasteiger partial charge in [-0.1, -0.05) is 26.2 Å². The van der Waals surface area contributed by atoms with Crippen LogP contribution in [0.25, 0.3) is 0 Å². The molecule has 0 aliphatic carbocycles. The molecule has 1 aromatic rings. The standard InChI is InChI=1S/C16H27NO2/c1-5-6-7-8-12(2)17-13(3)15-11-14(19-4)9-10-16(15)18/h9-13,17-18H,5-8H2,1-4H3. The van der Waals surface area contributed by atoms with Gasteiger partial charge < -0.3 is 15.2 Å². The number of hydrogen-bond donors (Lipinski definition) is 2. The molecule has 2 atom stereocenters. The van der Waals surface area contributed by atoms with Crippen molar-refractivity contribution in [3.8, 4) is 11.5 Å². The monoisotopic (exact) mass is 265 g/mol. The highest BCUT2D eigenvalue weighted by Crippen LogP contribution is 2.28. The van der Waals surface area contributed by atoms with E-state index in [0.717, 1.165) is 11.3 Å². The Kier molecular flexibility index (Phi) is 6.71. The molecule has 0 aromatic heterocycles. The van der Waals surface area contributed by atoms with Gasteiger partial charge in [0.25, 0.3) is 0 Å². The molecule has 0 heterocycles. The molecule has 0 amide bonds. The Morgan fingerprint density at radius 1 is 1.26 bits per heavy atom. The van der Waals surface area contributed by atoms with E-state index in [9.17, 15) is 5.11 Å². The second-order valence-electron chi connectivity index (χ2n) is 5.21. The smallest absolute Gasteiger partial charge is 0.120 e. The molecule has 2 N–H and O–H groups in total. The molecule has 0 saturated carbocycles. The molecule has 108 valence electrons. The second-order valence-corrected chi connectivity index (χ2v) is 5.21. The van der Waals surface area contributed by atoms with Crippen molar-refractivity contribution in [2.24, 2.45) is 0 Å². The highest BCUT2D eigenvalue weighted by Gasteiger charge is 2.13. The normalized spacial score (nSPS) is 14.1. The van der Waals surface area contributed by atoms with Crippen LogP contribution in [0.4, 0.5) is 0 Å². The topological polar surface area (TPSA) is 41.5 Å². The summed E-state index contributed by atoms with van der Waals surface area (Å²) in [5, 5.41) is 13.5. The van der Waals surface area contributed by atoms with Crippen molar-refractivity contribution < 1.29 is 9.84 Å². The summed E-state index contributed by atoms with van der Waals surface area (Å²) < 4.78 is 5.21. The molecule has 0 bridgehead atoms. The third-order valence-corrected chi connectivity index (χ3v) is 3.48. The van der Waals surface area contributed by atoms with Gasteiger partial charge in [0, 0.05) is 17.6 Å². The van der Waals surface area contributed by atoms with Gasteiger partial charge in [0.15, 0.2) is 0 Å². The SMILES string of the molecule is CCCCCC(C)NC(C)c1cc(OC)ccc1O. The van der Waals surface area contributed by atoms with Crippen molar-refractivity contribution in [1.29, 1.82) is 0 Å². The zero-order valence-corrected chi connectivity index (χ0v) is 12.6. The van der Waals surface area contributed by atoms with Crippen molar-refractivity contribution in [3.63, 3.8) is 0 Å². The van der Waals surface area contributed by atoms with E-state index in [4.69, 9.17) is 4.74 Å². The Labute approximate surface area is 117 Å². The summed E-state index contributed by atoms with van der Waals surface area (Å²) in [7, 11) is 1.64. The van der Waals surface area contributed by atoms with Gasteiger partial charge in [-0.05, 0) is 38.5 Å². The lowest BCUT2D eigenvalue weighted by Crippen LogP contribution is -2.28. The van der Waals surface area contributed by atoms with Gasteiger partial charge in [-0.2, -0.15) is 0 Å². The third kappa shape index (κ3) is 5.11. The van der Waals surface area contributed by atoms with Crippen LogP contribution in [0.1, 0.15) is 58.1 Å². The van der Waals surface area contributed by atoms with Crippen LogP contribution in [0, 0.1) is 0 Å². The Balaban J connectivity index is 2.59. The van der Waals surface area contributed by atoms with E-state index in [2.05, 4.69) is 26.1 Å². The fraction of sp³-hybridized carbons (Fsp3) is 0.625. The van der Waals surface area contributed by atoms with Gasteiger partial charge in [-0.25, -0.2) is 0 Å². The first-order chi connectivity index (χ1) is 9.08. The highest BCUT2D eigenvalue weighted by atomic mass is 16.5. The maximum Gasteiger partial charge on any atom is 0.120 e. The predicted molar refractivity (Wildman–Crippen MR) is 79.8 cm³/mol. The van der Waals surface area contributed by atoms with Crippen LogP contribution in [0.2, 0.25) is 0 Å². The van der Waals surface area contributed by atoms with E-state index in [1.165, 1.54) is 25.7 Å². The number of methoxy groups -OCH3 is 1. The maximum absolute atomic E-state index is 9.93. The number of nitrogens with one attached hydrogen (secondary N) is 1. The number of aromatic hydroxyl groups is 1. The van der Waals surface area contributed by atoms with Crippen LogP contribution in [0.15, 0.2) is 18.2 Å². The molecule has 0 spiro atoms. The predicted octanol–water partition coefficient (Wildman–Crippen LogP) is 4.02. The molecular formula is C16H27NO2. The van der Waals surface area contributed by atoms with E-state index in [1.807, 2.05) is 6.07 Å². The van der Waals surface area contributed by atoms with Crippen LogP contribution in [0.5, 0.6) is 11.5 Å². The number of unbranched alkanes of at least 4 members (excludes halogenated alkanes) is 2. The lowest BCUT2D eigenvalue weighted by Gasteiger charge is -2.21. The average molecular weight is 265 g/mol. The molecule has 1 rings (SSSR count). The fourth-order valence-electron chi connectivity index (χ4n) is 2.31. The second kappa shape index (κ2) is 8.05. The molecule has 0 saturated heterocycles. The summed E-state index contributed by atoms with van der Waals surface area (Å²) in [4.78, 5) is 0. The van der Waals surface area contributed by atoms with Gasteiger partial charge in [-0.15, -0.1) is 0 Å². The summed E-state index contributed by atoms with van der Waals surface area (Å²) in [5.74, 6) is 1.10. The zero-order chi connectivity index (χ0) is 14.3. The lowest BCUT2D eigenvalue weighted by molar-refractivity contribution is 0.399. The first-order valence-electron chi connectivity index (χ1n) is 7.21. The number of benzene rings is 1. The Morgan fingerprint density at radius 3 is 2.63 bits per heavy atom. The Morgan fingerprint density at radius 2 is 2.00 bits per heavy atom. The highest BCUT2D eigenvalue weighted by molar-refractivity contribution is 5.41. The molecule has 0 radical (unpaired) electrons. The minimum atomic E-state index is 0.117. The zero-order valence-electron chi connectivity index (χ0n) is 12.6. The van der Waals surface area contributed by atoms with Crippen molar-refractivity contribution in [2.45, 2.75) is 58.5 Å². The summed E-state index contributed by atoms with van der Waals surface area (Å²) >= 11 is 0. The molecule has 3 heteroatoms. The largest absolute Gasteiger partial charge is 0.508 e. The molecular weight excluding hydrogens is 238 g/mol. The number of rotatable bonds is 8. The summed E-state index contributed by atoms with van der Waals surface area (Å²) in [6, 6.07) is 5.93. The van der Waals surface area contributed by atoms with Gasteiger partial charge in [-0.3, -0.25) is 0 Å². The van der Waals surface area contributed by atoms with Crippen LogP contribution in [0.3, 0.4) is 0 Å². The Bertz CT molecular complexity index is 379. The van der Waals surface area contributed by atoms with E-state index < -0.39 is 0 Å². The van der Waals surface area contributed by atoms with Crippen molar-refractivity contribution in [2.75, 3.05) is 7.11 Å². The van der Waals surface area contributed by atoms with Gasteiger partial charge in [0.1, 0.15) is 11.5 Å². The maximum atomic E-state index is 9.93. The Hall–Kier alpha value is -1.22. The minimum Gasteiger partial charge on any atom is -0.508 e. The van der Waals surface area contributed by atoms with Crippen LogP contribution in [-0.4, -0.2) is 18.3 Å². The van der Waals surface area contributed by atoms with E-state index >= 15 is 0 Å².